The van der Waals surface area contributed by atoms with Crippen molar-refractivity contribution >= 4 is 33.9 Å². The molecule has 0 spiro atoms. The number of aryl methyl sites for hydroxylation is 1. The van der Waals surface area contributed by atoms with Gasteiger partial charge in [0.15, 0.2) is 6.61 Å². The third-order valence-corrected chi connectivity index (χ3v) is 5.60. The average molecular weight is 400 g/mol. The van der Waals surface area contributed by atoms with Crippen LogP contribution in [0.3, 0.4) is 0 Å². The summed E-state index contributed by atoms with van der Waals surface area (Å²) in [4.78, 5) is 26.4. The van der Waals surface area contributed by atoms with Crippen LogP contribution >= 0.6 is 11.3 Å². The summed E-state index contributed by atoms with van der Waals surface area (Å²) in [6, 6.07) is 9.18. The minimum absolute atomic E-state index is 0.111. The van der Waals surface area contributed by atoms with Crippen LogP contribution in [0.1, 0.15) is 53.9 Å². The number of carbonyl (C=O) groups excluding carboxylic acids is 2. The monoisotopic (exact) mass is 399 g/mol. The molecule has 7 heteroatoms. The lowest BCUT2D eigenvalue weighted by atomic mass is 10.1. The number of nitrogens with one attached hydrogen (secondary N) is 2. The zero-order valence-corrected chi connectivity index (χ0v) is 17.0. The van der Waals surface area contributed by atoms with Crippen LogP contribution in [0.5, 0.6) is 5.75 Å². The Morgan fingerprint density at radius 3 is 2.61 bits per heavy atom. The number of para-hydroxylation sites is 1. The zero-order chi connectivity index (χ0) is 19.9. The smallest absolute Gasteiger partial charge is 0.274 e. The molecular weight excluding hydrogens is 374 g/mol. The first-order valence-electron chi connectivity index (χ1n) is 9.48. The molecule has 148 valence electrons. The average Bonchev–Trinajstić information content (AvgIpc) is 2.85. The summed E-state index contributed by atoms with van der Waals surface area (Å²) >= 11 is 1.49. The third-order valence-electron chi connectivity index (χ3n) is 4.40. The summed E-state index contributed by atoms with van der Waals surface area (Å²) in [6.45, 7) is 3.52. The highest BCUT2D eigenvalue weighted by atomic mass is 32.1. The number of fused-ring (bicyclic) bond motifs is 1. The van der Waals surface area contributed by atoms with Gasteiger partial charge in [0, 0.05) is 10.6 Å². The standard InChI is InChI=1S/C21H25N3O3S/c1-14(2)23-24-20(26)19-16-11-7-4-8-12-17(16)28-21(19)22-18(25)13-27-15-9-5-3-6-10-15/h3,5-6,9-10H,4,7-8,11-13H2,1-2H3,(H,22,25)(H,24,26). The highest BCUT2D eigenvalue weighted by Gasteiger charge is 2.25. The Kier molecular flexibility index (Phi) is 6.81. The molecule has 1 aromatic carbocycles. The molecule has 2 aromatic rings. The summed E-state index contributed by atoms with van der Waals surface area (Å²) < 4.78 is 5.51. The van der Waals surface area contributed by atoms with Gasteiger partial charge in [-0.3, -0.25) is 9.59 Å². The Balaban J connectivity index is 1.78. The number of amides is 2. The van der Waals surface area contributed by atoms with Crippen molar-refractivity contribution < 1.29 is 14.3 Å². The van der Waals surface area contributed by atoms with E-state index in [9.17, 15) is 9.59 Å². The molecule has 1 aromatic heterocycles. The quantitative estimate of drug-likeness (QED) is 0.435. The highest BCUT2D eigenvalue weighted by molar-refractivity contribution is 7.17. The van der Waals surface area contributed by atoms with Gasteiger partial charge in [-0.2, -0.15) is 5.10 Å². The maximum atomic E-state index is 12.8. The highest BCUT2D eigenvalue weighted by Crippen LogP contribution is 2.37. The molecule has 0 unspecified atom stereocenters. The van der Waals surface area contributed by atoms with Gasteiger partial charge in [0.1, 0.15) is 10.8 Å². The van der Waals surface area contributed by atoms with Gasteiger partial charge in [-0.15, -0.1) is 11.3 Å². The number of carbonyl (C=O) groups is 2. The molecule has 0 saturated carbocycles. The molecule has 6 nitrogen and oxygen atoms in total. The van der Waals surface area contributed by atoms with Gasteiger partial charge in [0.05, 0.1) is 5.56 Å². The van der Waals surface area contributed by atoms with Crippen LogP contribution in [0.2, 0.25) is 0 Å². The van der Waals surface area contributed by atoms with Gasteiger partial charge in [-0.25, -0.2) is 5.43 Å². The number of hydrazone groups is 1. The molecule has 0 aliphatic heterocycles. The minimum Gasteiger partial charge on any atom is -0.484 e. The van der Waals surface area contributed by atoms with Crippen molar-refractivity contribution in [2.24, 2.45) is 5.10 Å². The lowest BCUT2D eigenvalue weighted by Gasteiger charge is -2.09. The summed E-state index contributed by atoms with van der Waals surface area (Å²) in [5.41, 5.74) is 4.95. The Bertz CT molecular complexity index is 871. The van der Waals surface area contributed by atoms with Crippen molar-refractivity contribution in [2.75, 3.05) is 11.9 Å². The van der Waals surface area contributed by atoms with E-state index in [0.717, 1.165) is 43.4 Å². The second-order valence-electron chi connectivity index (χ2n) is 6.92. The predicted molar refractivity (Wildman–Crippen MR) is 112 cm³/mol. The fourth-order valence-electron chi connectivity index (χ4n) is 3.12. The molecule has 0 atom stereocenters. The van der Waals surface area contributed by atoms with Crippen molar-refractivity contribution in [1.29, 1.82) is 0 Å². The second kappa shape index (κ2) is 9.50. The van der Waals surface area contributed by atoms with Crippen LogP contribution in [0.4, 0.5) is 5.00 Å². The van der Waals surface area contributed by atoms with Crippen molar-refractivity contribution in [2.45, 2.75) is 46.0 Å². The number of thiophene rings is 1. The topological polar surface area (TPSA) is 79.8 Å². The van der Waals surface area contributed by atoms with E-state index in [0.29, 0.717) is 16.3 Å². The van der Waals surface area contributed by atoms with Crippen LogP contribution in [0.25, 0.3) is 0 Å². The van der Waals surface area contributed by atoms with E-state index >= 15 is 0 Å². The largest absolute Gasteiger partial charge is 0.484 e. The fourth-order valence-corrected chi connectivity index (χ4v) is 4.42. The SMILES string of the molecule is CC(C)=NNC(=O)c1c(NC(=O)COc2ccccc2)sc2c1CCCCC2. The molecule has 1 aliphatic carbocycles. The summed E-state index contributed by atoms with van der Waals surface area (Å²) in [7, 11) is 0. The second-order valence-corrected chi connectivity index (χ2v) is 8.02. The van der Waals surface area contributed by atoms with E-state index < -0.39 is 0 Å². The Labute approximate surface area is 169 Å². The number of hydrogen-bond donors (Lipinski definition) is 2. The molecule has 0 fully saturated rings. The normalized spacial score (nSPS) is 13.1. The lowest BCUT2D eigenvalue weighted by Crippen LogP contribution is -2.24. The molecule has 2 N–H and O–H groups in total. The van der Waals surface area contributed by atoms with Gasteiger partial charge in [-0.05, 0) is 57.2 Å². The molecule has 1 aliphatic rings. The van der Waals surface area contributed by atoms with Gasteiger partial charge < -0.3 is 10.1 Å². The fraction of sp³-hybridized carbons (Fsp3) is 0.381. The number of anilines is 1. The molecule has 3 rings (SSSR count). The van der Waals surface area contributed by atoms with Crippen molar-refractivity contribution in [3.63, 3.8) is 0 Å². The molecule has 0 radical (unpaired) electrons. The van der Waals surface area contributed by atoms with Crippen molar-refractivity contribution in [3.8, 4) is 5.75 Å². The van der Waals surface area contributed by atoms with Crippen LogP contribution in [0.15, 0.2) is 35.4 Å². The van der Waals surface area contributed by atoms with E-state index in [-0.39, 0.29) is 18.4 Å². The number of hydrogen-bond acceptors (Lipinski definition) is 5. The van der Waals surface area contributed by atoms with Crippen LogP contribution in [-0.4, -0.2) is 24.1 Å². The van der Waals surface area contributed by atoms with Crippen molar-refractivity contribution in [1.82, 2.24) is 5.43 Å². The first-order chi connectivity index (χ1) is 13.5. The van der Waals surface area contributed by atoms with E-state index in [1.54, 1.807) is 12.1 Å². The molecule has 1 heterocycles. The molecule has 28 heavy (non-hydrogen) atoms. The zero-order valence-electron chi connectivity index (χ0n) is 16.2. The molecule has 0 saturated heterocycles. The predicted octanol–water partition coefficient (Wildman–Crippen LogP) is 4.16. The third kappa shape index (κ3) is 5.19. The van der Waals surface area contributed by atoms with E-state index in [4.69, 9.17) is 4.74 Å². The van der Waals surface area contributed by atoms with Crippen LogP contribution in [0, 0.1) is 0 Å². The number of nitrogens with zero attached hydrogens (tertiary/aromatic N) is 1. The van der Waals surface area contributed by atoms with E-state index in [1.165, 1.54) is 16.2 Å². The first-order valence-corrected chi connectivity index (χ1v) is 10.3. The van der Waals surface area contributed by atoms with Gasteiger partial charge in [-0.1, -0.05) is 24.6 Å². The van der Waals surface area contributed by atoms with Gasteiger partial charge in [0.25, 0.3) is 11.8 Å². The molecule has 2 amide bonds. The number of rotatable bonds is 6. The van der Waals surface area contributed by atoms with Crippen LogP contribution in [-0.2, 0) is 17.6 Å². The summed E-state index contributed by atoms with van der Waals surface area (Å²) in [5.74, 6) is 0.0645. The first kappa shape index (κ1) is 20.1. The lowest BCUT2D eigenvalue weighted by molar-refractivity contribution is -0.118. The Morgan fingerprint density at radius 1 is 1.11 bits per heavy atom. The Morgan fingerprint density at radius 2 is 1.86 bits per heavy atom. The van der Waals surface area contributed by atoms with Crippen molar-refractivity contribution in [3.05, 3.63) is 46.3 Å². The number of ether oxygens (including phenoxy) is 1. The molecular formula is C21H25N3O3S. The van der Waals surface area contributed by atoms with Crippen LogP contribution < -0.4 is 15.5 Å². The van der Waals surface area contributed by atoms with E-state index in [1.807, 2.05) is 32.0 Å². The van der Waals surface area contributed by atoms with Gasteiger partial charge >= 0.3 is 0 Å². The maximum Gasteiger partial charge on any atom is 0.274 e. The minimum atomic E-state index is -0.288. The number of benzene rings is 1. The van der Waals surface area contributed by atoms with Gasteiger partial charge in [0.2, 0.25) is 0 Å². The molecule has 0 bridgehead atoms. The maximum absolute atomic E-state index is 12.8. The van der Waals surface area contributed by atoms with E-state index in [2.05, 4.69) is 15.8 Å². The summed E-state index contributed by atoms with van der Waals surface area (Å²) in [5, 5.41) is 7.48. The summed E-state index contributed by atoms with van der Waals surface area (Å²) in [6.07, 6.45) is 5.09. The Hall–Kier alpha value is -2.67.